The lowest BCUT2D eigenvalue weighted by atomic mass is 9.74. The van der Waals surface area contributed by atoms with Gasteiger partial charge in [-0.15, -0.1) is 0 Å². The molecule has 0 aromatic heterocycles. The maximum Gasteiger partial charge on any atom is 0.258 e. The summed E-state index contributed by atoms with van der Waals surface area (Å²) in [4.78, 5) is 16.8. The fourth-order valence-corrected chi connectivity index (χ4v) is 4.24. The van der Waals surface area contributed by atoms with Crippen LogP contribution in [0.3, 0.4) is 0 Å². The summed E-state index contributed by atoms with van der Waals surface area (Å²) >= 11 is 0. The number of carbonyl (C=O) groups excluding carboxylic acids is 1. The number of hydrogen-bond acceptors (Lipinski definition) is 3. The largest absolute Gasteiger partial charge is 0.307 e. The van der Waals surface area contributed by atoms with Gasteiger partial charge in [-0.1, -0.05) is 0 Å². The molecule has 2 aliphatic rings. The van der Waals surface area contributed by atoms with Gasteiger partial charge < -0.3 is 4.90 Å². The van der Waals surface area contributed by atoms with Crippen LogP contribution < -0.4 is 4.90 Å². The van der Waals surface area contributed by atoms with Crippen LogP contribution in [0.25, 0.3) is 0 Å². The maximum atomic E-state index is 14.0. The van der Waals surface area contributed by atoms with Crippen LogP contribution in [0, 0.1) is 23.0 Å². The van der Waals surface area contributed by atoms with Gasteiger partial charge in [-0.25, -0.2) is 8.78 Å². The highest BCUT2D eigenvalue weighted by molar-refractivity contribution is 6.07. The van der Waals surface area contributed by atoms with Crippen LogP contribution in [0.15, 0.2) is 42.5 Å². The van der Waals surface area contributed by atoms with E-state index in [4.69, 9.17) is 5.26 Å². The zero-order chi connectivity index (χ0) is 19.0. The minimum Gasteiger partial charge on any atom is -0.307 e. The summed E-state index contributed by atoms with van der Waals surface area (Å²) < 4.78 is 27.2. The van der Waals surface area contributed by atoms with E-state index in [1.165, 1.54) is 36.4 Å². The number of rotatable bonds is 2. The second kappa shape index (κ2) is 6.75. The second-order valence-corrected chi connectivity index (χ2v) is 7.27. The average molecular weight is 367 g/mol. The highest BCUT2D eigenvalue weighted by Gasteiger charge is 2.46. The van der Waals surface area contributed by atoms with Gasteiger partial charge in [-0.2, -0.15) is 5.26 Å². The molecular weight excluding hydrogens is 348 g/mol. The van der Waals surface area contributed by atoms with Crippen molar-refractivity contribution in [2.45, 2.75) is 18.3 Å². The first-order valence-corrected chi connectivity index (χ1v) is 8.99. The Morgan fingerprint density at radius 2 is 1.74 bits per heavy atom. The van der Waals surface area contributed by atoms with E-state index in [2.05, 4.69) is 11.0 Å². The number of nitriles is 1. The summed E-state index contributed by atoms with van der Waals surface area (Å²) in [7, 11) is 0. The molecule has 27 heavy (non-hydrogen) atoms. The molecule has 2 heterocycles. The Labute approximate surface area is 156 Å². The van der Waals surface area contributed by atoms with Crippen LogP contribution in [-0.4, -0.2) is 37.0 Å². The molecule has 0 unspecified atom stereocenters. The molecule has 1 saturated heterocycles. The standard InChI is InChI=1S/C21H19F2N3O/c22-16-3-1-15(2-4-16)20(27)26-14-21(7-10-25(11-8-21)12-9-24)18-13-17(23)5-6-19(18)26/h1-6,13H,7-8,10-12,14H2. The zero-order valence-electron chi connectivity index (χ0n) is 14.8. The van der Waals surface area contributed by atoms with Gasteiger partial charge in [0.1, 0.15) is 11.6 Å². The molecule has 0 N–H and O–H groups in total. The van der Waals surface area contributed by atoms with Gasteiger partial charge in [0.25, 0.3) is 5.91 Å². The van der Waals surface area contributed by atoms with E-state index in [-0.39, 0.29) is 17.1 Å². The molecule has 0 aliphatic carbocycles. The van der Waals surface area contributed by atoms with E-state index < -0.39 is 5.82 Å². The molecule has 2 aliphatic heterocycles. The van der Waals surface area contributed by atoms with Gasteiger partial charge >= 0.3 is 0 Å². The SMILES string of the molecule is N#CCN1CCC2(CC1)CN(C(=O)c1ccc(F)cc1)c1ccc(F)cc12. The first-order valence-electron chi connectivity index (χ1n) is 8.99. The van der Waals surface area contributed by atoms with E-state index in [1.54, 1.807) is 11.0 Å². The smallest absolute Gasteiger partial charge is 0.258 e. The quantitative estimate of drug-likeness (QED) is 0.764. The van der Waals surface area contributed by atoms with Crippen molar-refractivity contribution in [1.82, 2.24) is 4.90 Å². The van der Waals surface area contributed by atoms with Crippen molar-refractivity contribution in [2.75, 3.05) is 31.1 Å². The number of nitrogens with zero attached hydrogens (tertiary/aromatic N) is 3. The third kappa shape index (κ3) is 3.08. The van der Waals surface area contributed by atoms with Crippen molar-refractivity contribution in [1.29, 1.82) is 5.26 Å². The molecule has 1 spiro atoms. The molecule has 1 amide bonds. The number of halogens is 2. The summed E-state index contributed by atoms with van der Waals surface area (Å²) in [6.45, 7) is 2.33. The van der Waals surface area contributed by atoms with Crippen molar-refractivity contribution in [3.8, 4) is 6.07 Å². The Morgan fingerprint density at radius 3 is 2.41 bits per heavy atom. The summed E-state index contributed by atoms with van der Waals surface area (Å²) in [5.41, 5.74) is 1.68. The maximum absolute atomic E-state index is 14.0. The first kappa shape index (κ1) is 17.6. The van der Waals surface area contributed by atoms with Gasteiger partial charge in [0, 0.05) is 36.3 Å². The minimum atomic E-state index is -0.392. The van der Waals surface area contributed by atoms with E-state index >= 15 is 0 Å². The molecule has 0 saturated carbocycles. The van der Waals surface area contributed by atoms with Gasteiger partial charge in [0.2, 0.25) is 0 Å². The number of hydrogen-bond donors (Lipinski definition) is 0. The van der Waals surface area contributed by atoms with Crippen molar-refractivity contribution in [2.24, 2.45) is 0 Å². The van der Waals surface area contributed by atoms with Crippen LogP contribution in [0.4, 0.5) is 14.5 Å². The monoisotopic (exact) mass is 367 g/mol. The van der Waals surface area contributed by atoms with Gasteiger partial charge in [-0.3, -0.25) is 9.69 Å². The van der Waals surface area contributed by atoms with Crippen LogP contribution in [0.2, 0.25) is 0 Å². The summed E-state index contributed by atoms with van der Waals surface area (Å²) in [5, 5.41) is 8.91. The highest BCUT2D eigenvalue weighted by Crippen LogP contribution is 2.47. The van der Waals surface area contributed by atoms with Crippen molar-refractivity contribution in [3.05, 3.63) is 65.2 Å². The molecule has 138 valence electrons. The van der Waals surface area contributed by atoms with Crippen LogP contribution >= 0.6 is 0 Å². The van der Waals surface area contributed by atoms with Gasteiger partial charge in [0.05, 0.1) is 12.6 Å². The molecule has 0 bridgehead atoms. The highest BCUT2D eigenvalue weighted by atomic mass is 19.1. The van der Waals surface area contributed by atoms with E-state index in [0.29, 0.717) is 18.7 Å². The van der Waals surface area contributed by atoms with Crippen molar-refractivity contribution < 1.29 is 13.6 Å². The number of likely N-dealkylation sites (tertiary alicyclic amines) is 1. The molecule has 4 nitrogen and oxygen atoms in total. The predicted molar refractivity (Wildman–Crippen MR) is 97.4 cm³/mol. The number of fused-ring (bicyclic) bond motifs is 2. The molecule has 6 heteroatoms. The fraction of sp³-hybridized carbons (Fsp3) is 0.333. The third-order valence-corrected chi connectivity index (χ3v) is 5.73. The van der Waals surface area contributed by atoms with Gasteiger partial charge in [-0.05, 0) is 60.9 Å². The lowest BCUT2D eigenvalue weighted by Gasteiger charge is -2.39. The van der Waals surface area contributed by atoms with Crippen LogP contribution in [0.1, 0.15) is 28.8 Å². The number of carbonyl (C=O) groups is 1. The lowest BCUT2D eigenvalue weighted by Crippen LogP contribution is -2.46. The molecule has 1 fully saturated rings. The minimum absolute atomic E-state index is 0.209. The Hall–Kier alpha value is -2.78. The predicted octanol–water partition coefficient (Wildman–Crippen LogP) is 3.48. The second-order valence-electron chi connectivity index (χ2n) is 7.27. The number of benzene rings is 2. The zero-order valence-corrected chi connectivity index (χ0v) is 14.8. The van der Waals surface area contributed by atoms with E-state index in [1.807, 2.05) is 0 Å². The molecule has 0 atom stereocenters. The molecule has 2 aromatic carbocycles. The average Bonchev–Trinajstić information content (AvgIpc) is 2.98. The molecule has 4 rings (SSSR count). The molecule has 2 aromatic rings. The van der Waals surface area contributed by atoms with E-state index in [9.17, 15) is 13.6 Å². The van der Waals surface area contributed by atoms with Gasteiger partial charge in [0.15, 0.2) is 0 Å². The van der Waals surface area contributed by atoms with E-state index in [0.717, 1.165) is 37.2 Å². The molecular formula is C21H19F2N3O. The summed E-state index contributed by atoms with van der Waals surface area (Å²) in [6.07, 6.45) is 1.52. The van der Waals surface area contributed by atoms with Crippen molar-refractivity contribution >= 4 is 11.6 Å². The van der Waals surface area contributed by atoms with Crippen LogP contribution in [0.5, 0.6) is 0 Å². The topological polar surface area (TPSA) is 47.3 Å². The van der Waals surface area contributed by atoms with Crippen molar-refractivity contribution in [3.63, 3.8) is 0 Å². The summed E-state index contributed by atoms with van der Waals surface area (Å²) in [5.74, 6) is -0.917. The Bertz CT molecular complexity index is 912. The number of amides is 1. The number of anilines is 1. The molecule has 0 radical (unpaired) electrons. The Morgan fingerprint density at radius 1 is 1.07 bits per heavy atom. The lowest BCUT2D eigenvalue weighted by molar-refractivity contribution is 0.0978. The fourth-order valence-electron chi connectivity index (χ4n) is 4.24. The normalized spacial score (nSPS) is 18.3. The first-order chi connectivity index (χ1) is 13.0. The van der Waals surface area contributed by atoms with Crippen LogP contribution in [-0.2, 0) is 5.41 Å². The third-order valence-electron chi connectivity index (χ3n) is 5.73. The number of piperidine rings is 1. The summed E-state index contributed by atoms with van der Waals surface area (Å²) in [6, 6.07) is 12.2. The Balaban J connectivity index is 1.67. The Kier molecular flexibility index (Phi) is 4.40.